The van der Waals surface area contributed by atoms with Crippen molar-refractivity contribution < 1.29 is 14.7 Å². The van der Waals surface area contributed by atoms with Gasteiger partial charge in [0.1, 0.15) is 5.75 Å². The highest BCUT2D eigenvalue weighted by Gasteiger charge is 2.27. The molecule has 0 radical (unpaired) electrons. The lowest BCUT2D eigenvalue weighted by molar-refractivity contribution is 0.0931. The molecule has 0 aliphatic carbocycles. The van der Waals surface area contributed by atoms with Crippen LogP contribution in [0.4, 0.5) is 0 Å². The van der Waals surface area contributed by atoms with Crippen LogP contribution in [-0.2, 0) is 10.8 Å². The Balaban J connectivity index is 1.44. The van der Waals surface area contributed by atoms with Crippen molar-refractivity contribution in [2.45, 2.75) is 78.3 Å². The molecule has 0 aromatic heterocycles. The van der Waals surface area contributed by atoms with E-state index in [1.54, 1.807) is 36.4 Å². The third-order valence-electron chi connectivity index (χ3n) is 10.7. The molecular weight excluding hydrogens is 773 g/mol. The molecule has 0 heterocycles. The van der Waals surface area contributed by atoms with Gasteiger partial charge in [-0.05, 0) is 114 Å². The monoisotopic (exact) mass is 824 g/mol. The quantitative estimate of drug-likeness (QED) is 0.140. The van der Waals surface area contributed by atoms with E-state index in [0.29, 0.717) is 44.5 Å². The van der Waals surface area contributed by atoms with Crippen molar-refractivity contribution in [3.63, 3.8) is 0 Å². The molecule has 0 spiro atoms. The van der Waals surface area contributed by atoms with Crippen LogP contribution in [0.2, 0.25) is 0 Å². The van der Waals surface area contributed by atoms with Crippen LogP contribution >= 0.6 is 0 Å². The molecule has 0 aliphatic rings. The molecule has 2 atom stereocenters. The normalized spacial score (nSPS) is 11.9. The van der Waals surface area contributed by atoms with Crippen LogP contribution in [0.1, 0.15) is 144 Å². The Morgan fingerprint density at radius 1 is 0.492 bits per heavy atom. The van der Waals surface area contributed by atoms with Crippen LogP contribution in [0.15, 0.2) is 127 Å². The minimum absolute atomic E-state index is 0.219. The molecule has 6 aromatic carbocycles. The third kappa shape index (κ3) is 11.4. The molecule has 0 bridgehead atoms. The Bertz CT molecular complexity index is 2720. The SMILES string of the molecule is C#Cc1cc(C#Cc2cc(C#Cc3cc(C#C)cc(C(=O)N[C@H](C)c4ccccc4)c3)cc(-c3cc(C(C)(C)C)c(O)c(C(C)(C)C)c3)c2)cc(C(=O)N[C@H](C)c2ccccc2)c1. The highest BCUT2D eigenvalue weighted by Crippen LogP contribution is 2.42. The molecule has 63 heavy (non-hydrogen) atoms. The molecule has 0 fully saturated rings. The number of hydrogen-bond donors (Lipinski definition) is 3. The van der Waals surface area contributed by atoms with Crippen LogP contribution < -0.4 is 10.6 Å². The van der Waals surface area contributed by atoms with Crippen LogP contribution in [0.25, 0.3) is 11.1 Å². The minimum Gasteiger partial charge on any atom is -0.507 e. The Hall–Kier alpha value is -7.70. The highest BCUT2D eigenvalue weighted by molar-refractivity contribution is 5.96. The lowest BCUT2D eigenvalue weighted by Gasteiger charge is -2.28. The van der Waals surface area contributed by atoms with Crippen LogP contribution in [-0.4, -0.2) is 16.9 Å². The summed E-state index contributed by atoms with van der Waals surface area (Å²) < 4.78 is 0. The van der Waals surface area contributed by atoms with E-state index in [9.17, 15) is 14.7 Å². The number of nitrogens with one attached hydrogen (secondary N) is 2. The molecule has 0 aliphatic heterocycles. The number of benzene rings is 6. The number of phenolic OH excluding ortho intramolecular Hbond substituents is 1. The van der Waals surface area contributed by atoms with E-state index in [0.717, 1.165) is 33.4 Å². The maximum Gasteiger partial charge on any atom is 0.251 e. The van der Waals surface area contributed by atoms with E-state index in [-0.39, 0.29) is 40.5 Å². The lowest BCUT2D eigenvalue weighted by Crippen LogP contribution is -2.26. The molecule has 0 saturated carbocycles. The van der Waals surface area contributed by atoms with E-state index in [1.165, 1.54) is 0 Å². The van der Waals surface area contributed by atoms with Gasteiger partial charge in [-0.25, -0.2) is 0 Å². The van der Waals surface area contributed by atoms with Crippen molar-refractivity contribution in [1.29, 1.82) is 0 Å². The van der Waals surface area contributed by atoms with Crippen molar-refractivity contribution in [2.75, 3.05) is 0 Å². The summed E-state index contributed by atoms with van der Waals surface area (Å²) in [5.41, 5.74) is 9.03. The highest BCUT2D eigenvalue weighted by atomic mass is 16.3. The standard InChI is InChI=1S/C58H52N2O3/c1-11-40-27-42(34-50(30-40)55(62)59-38(3)46-19-15-13-16-20-46)23-25-44-29-45(33-48(32-44)49-36-52(57(5,6)7)54(61)53(37-49)58(8,9)10)26-24-43-28-41(12-2)31-51(35-43)56(63)60-39(4)47-21-17-14-18-22-47/h1-2,13-22,27-39,61H,3-10H3,(H,59,62)(H,60,63)/t38-,39-/m1/s1. The first-order chi connectivity index (χ1) is 29.9. The number of hydrogen-bond acceptors (Lipinski definition) is 3. The van der Waals surface area contributed by atoms with Crippen LogP contribution in [0.5, 0.6) is 5.75 Å². The van der Waals surface area contributed by atoms with E-state index in [4.69, 9.17) is 12.8 Å². The van der Waals surface area contributed by atoms with Gasteiger partial charge in [0.15, 0.2) is 0 Å². The smallest absolute Gasteiger partial charge is 0.251 e. The topological polar surface area (TPSA) is 78.4 Å². The number of aromatic hydroxyl groups is 1. The van der Waals surface area contributed by atoms with Crippen molar-refractivity contribution in [3.8, 4) is 65.2 Å². The summed E-state index contributed by atoms with van der Waals surface area (Å²) in [6.45, 7) is 16.4. The molecule has 3 N–H and O–H groups in total. The predicted octanol–water partition coefficient (Wildman–Crippen LogP) is 11.4. The van der Waals surface area contributed by atoms with Crippen molar-refractivity contribution >= 4 is 11.8 Å². The largest absolute Gasteiger partial charge is 0.507 e. The van der Waals surface area contributed by atoms with Crippen molar-refractivity contribution in [2.24, 2.45) is 0 Å². The van der Waals surface area contributed by atoms with Crippen LogP contribution in [0, 0.1) is 48.4 Å². The summed E-state index contributed by atoms with van der Waals surface area (Å²) in [6, 6.07) is 39.4. The molecule has 6 aromatic rings. The number of phenols is 1. The zero-order chi connectivity index (χ0) is 45.5. The summed E-state index contributed by atoms with van der Waals surface area (Å²) in [4.78, 5) is 27.0. The first-order valence-electron chi connectivity index (χ1n) is 20.9. The van der Waals surface area contributed by atoms with Gasteiger partial charge < -0.3 is 15.7 Å². The second kappa shape index (κ2) is 18.9. The summed E-state index contributed by atoms with van der Waals surface area (Å²) in [7, 11) is 0. The molecular formula is C58H52N2O3. The van der Waals surface area contributed by atoms with Gasteiger partial charge in [0.25, 0.3) is 11.8 Å². The fourth-order valence-electron chi connectivity index (χ4n) is 7.21. The molecule has 5 nitrogen and oxygen atoms in total. The minimum atomic E-state index is -0.351. The fourth-order valence-corrected chi connectivity index (χ4v) is 7.21. The average Bonchev–Trinajstić information content (AvgIpc) is 3.27. The molecule has 312 valence electrons. The van der Waals surface area contributed by atoms with Crippen LogP contribution in [0.3, 0.4) is 0 Å². The van der Waals surface area contributed by atoms with Gasteiger partial charge in [-0.3, -0.25) is 9.59 Å². The molecule has 5 heteroatoms. The average molecular weight is 825 g/mol. The van der Waals surface area contributed by atoms with Gasteiger partial charge in [-0.2, -0.15) is 0 Å². The van der Waals surface area contributed by atoms with Gasteiger partial charge in [-0.15, -0.1) is 12.8 Å². The van der Waals surface area contributed by atoms with E-state index in [1.807, 2.05) is 105 Å². The summed E-state index contributed by atoms with van der Waals surface area (Å²) in [5, 5.41) is 17.7. The predicted molar refractivity (Wildman–Crippen MR) is 256 cm³/mol. The van der Waals surface area contributed by atoms with Crippen molar-refractivity contribution in [3.05, 3.63) is 194 Å². The molecule has 0 saturated heterocycles. The second-order valence-corrected chi connectivity index (χ2v) is 17.8. The number of rotatable bonds is 7. The molecule has 6 rings (SSSR count). The first kappa shape index (κ1) is 44.8. The van der Waals surface area contributed by atoms with E-state index < -0.39 is 0 Å². The number of amides is 2. The zero-order valence-corrected chi connectivity index (χ0v) is 37.2. The second-order valence-electron chi connectivity index (χ2n) is 17.8. The Morgan fingerprint density at radius 3 is 1.16 bits per heavy atom. The van der Waals surface area contributed by atoms with Gasteiger partial charge in [-0.1, -0.05) is 138 Å². The summed E-state index contributed by atoms with van der Waals surface area (Å²) in [6.07, 6.45) is 11.7. The first-order valence-corrected chi connectivity index (χ1v) is 20.9. The summed E-state index contributed by atoms with van der Waals surface area (Å²) >= 11 is 0. The third-order valence-corrected chi connectivity index (χ3v) is 10.7. The fraction of sp³-hybridized carbons (Fsp3) is 0.207. The Kier molecular flexibility index (Phi) is 13.5. The van der Waals surface area contributed by atoms with Gasteiger partial charge in [0, 0.05) is 55.6 Å². The summed E-state index contributed by atoms with van der Waals surface area (Å²) in [5.74, 6) is 18.3. The van der Waals surface area contributed by atoms with E-state index in [2.05, 4.69) is 87.7 Å². The van der Waals surface area contributed by atoms with Gasteiger partial charge in [0.05, 0.1) is 12.1 Å². The Labute approximate surface area is 373 Å². The number of terminal acetylenes is 2. The molecule has 0 unspecified atom stereocenters. The Morgan fingerprint density at radius 2 is 0.810 bits per heavy atom. The van der Waals surface area contributed by atoms with E-state index >= 15 is 0 Å². The van der Waals surface area contributed by atoms with Crippen molar-refractivity contribution in [1.82, 2.24) is 10.6 Å². The maximum absolute atomic E-state index is 13.5. The van der Waals surface area contributed by atoms with Gasteiger partial charge >= 0.3 is 0 Å². The lowest BCUT2D eigenvalue weighted by atomic mass is 9.77. The maximum atomic E-state index is 13.5. The molecule has 2 amide bonds. The zero-order valence-electron chi connectivity index (χ0n) is 37.2. The number of carbonyl (C=O) groups excluding carboxylic acids is 2. The number of carbonyl (C=O) groups is 2. The van der Waals surface area contributed by atoms with Gasteiger partial charge in [0.2, 0.25) is 0 Å².